The van der Waals surface area contributed by atoms with Crippen molar-refractivity contribution >= 4 is 5.78 Å². The van der Waals surface area contributed by atoms with E-state index in [4.69, 9.17) is 4.74 Å². The molecule has 82 valence electrons. The van der Waals surface area contributed by atoms with Crippen molar-refractivity contribution in [2.24, 2.45) is 0 Å². The number of Topliss-reactive ketones (excluding diaryl/α,β-unsaturated/α-hetero) is 1. The van der Waals surface area contributed by atoms with Crippen LogP contribution in [0.5, 0.6) is 0 Å². The van der Waals surface area contributed by atoms with Gasteiger partial charge in [-0.2, -0.15) is 0 Å². The van der Waals surface area contributed by atoms with Gasteiger partial charge in [0.05, 0.1) is 0 Å². The Hall–Kier alpha value is -1.15. The van der Waals surface area contributed by atoms with Gasteiger partial charge >= 0.3 is 0 Å². The Bertz CT molecular complexity index is 293. The second-order valence-electron chi connectivity index (χ2n) is 3.50. The van der Waals surface area contributed by atoms with E-state index in [0.717, 1.165) is 18.4 Å². The lowest BCUT2D eigenvalue weighted by Crippen LogP contribution is -2.24. The monoisotopic (exact) mass is 206 g/mol. The van der Waals surface area contributed by atoms with Gasteiger partial charge in [0, 0.05) is 12.2 Å². The fourth-order valence-corrected chi connectivity index (χ4v) is 1.43. The van der Waals surface area contributed by atoms with Crippen molar-refractivity contribution in [3.05, 3.63) is 35.9 Å². The van der Waals surface area contributed by atoms with Crippen LogP contribution in [0.25, 0.3) is 0 Å². The van der Waals surface area contributed by atoms with Gasteiger partial charge in [-0.05, 0) is 12.8 Å². The van der Waals surface area contributed by atoms with Crippen LogP contribution in [-0.2, 0) is 4.74 Å². The van der Waals surface area contributed by atoms with Crippen molar-refractivity contribution in [2.75, 3.05) is 6.61 Å². The fourth-order valence-electron chi connectivity index (χ4n) is 1.43. The Labute approximate surface area is 91.3 Å². The summed E-state index contributed by atoms with van der Waals surface area (Å²) in [5, 5.41) is 0. The first-order valence-corrected chi connectivity index (χ1v) is 5.50. The van der Waals surface area contributed by atoms with Gasteiger partial charge in [-0.15, -0.1) is 0 Å². The number of hydrogen-bond donors (Lipinski definition) is 0. The minimum Gasteiger partial charge on any atom is -0.370 e. The van der Waals surface area contributed by atoms with Gasteiger partial charge in [0.1, 0.15) is 6.10 Å². The molecule has 0 saturated carbocycles. The van der Waals surface area contributed by atoms with Gasteiger partial charge in [-0.1, -0.05) is 44.2 Å². The summed E-state index contributed by atoms with van der Waals surface area (Å²) in [5.74, 6) is 0.0894. The van der Waals surface area contributed by atoms with E-state index in [1.807, 2.05) is 44.2 Å². The normalized spacial score (nSPS) is 12.4. The molecule has 1 aromatic rings. The van der Waals surface area contributed by atoms with Crippen molar-refractivity contribution < 1.29 is 9.53 Å². The molecule has 0 spiro atoms. The Morgan fingerprint density at radius 3 is 2.47 bits per heavy atom. The summed E-state index contributed by atoms with van der Waals surface area (Å²) in [4.78, 5) is 12.0. The molecule has 0 aliphatic carbocycles. The van der Waals surface area contributed by atoms with Crippen molar-refractivity contribution in [2.45, 2.75) is 32.8 Å². The van der Waals surface area contributed by atoms with Gasteiger partial charge in [-0.25, -0.2) is 0 Å². The summed E-state index contributed by atoms with van der Waals surface area (Å²) in [7, 11) is 0. The number of rotatable bonds is 6. The van der Waals surface area contributed by atoms with E-state index in [9.17, 15) is 4.79 Å². The molecule has 1 unspecified atom stereocenters. The zero-order valence-electron chi connectivity index (χ0n) is 9.40. The second-order valence-corrected chi connectivity index (χ2v) is 3.50. The third kappa shape index (κ3) is 3.48. The molecule has 1 aromatic carbocycles. The zero-order chi connectivity index (χ0) is 11.1. The van der Waals surface area contributed by atoms with Crippen LogP contribution in [0.15, 0.2) is 30.3 Å². The highest BCUT2D eigenvalue weighted by atomic mass is 16.5. The Kier molecular flexibility index (Phi) is 5.05. The number of ketones is 1. The van der Waals surface area contributed by atoms with Crippen molar-refractivity contribution in [3.8, 4) is 0 Å². The van der Waals surface area contributed by atoms with E-state index in [1.54, 1.807) is 0 Å². The van der Waals surface area contributed by atoms with Crippen molar-refractivity contribution in [1.29, 1.82) is 0 Å². The lowest BCUT2D eigenvalue weighted by molar-refractivity contribution is 0.0399. The topological polar surface area (TPSA) is 26.3 Å². The average Bonchev–Trinajstić information content (AvgIpc) is 2.31. The predicted octanol–water partition coefficient (Wildman–Crippen LogP) is 3.07. The average molecular weight is 206 g/mol. The molecule has 0 bridgehead atoms. The van der Waals surface area contributed by atoms with E-state index in [1.165, 1.54) is 0 Å². The lowest BCUT2D eigenvalue weighted by Gasteiger charge is -2.14. The van der Waals surface area contributed by atoms with E-state index in [-0.39, 0.29) is 11.9 Å². The predicted molar refractivity (Wildman–Crippen MR) is 61.1 cm³/mol. The van der Waals surface area contributed by atoms with E-state index in [2.05, 4.69) is 0 Å². The smallest absolute Gasteiger partial charge is 0.191 e. The molecular weight excluding hydrogens is 188 g/mol. The maximum atomic E-state index is 12.0. The number of hydrogen-bond acceptors (Lipinski definition) is 2. The number of benzene rings is 1. The standard InChI is InChI=1S/C13H18O2/c1-3-10-15-12(4-2)13(14)11-8-6-5-7-9-11/h5-9,12H,3-4,10H2,1-2H3. The van der Waals surface area contributed by atoms with Crippen LogP contribution in [-0.4, -0.2) is 18.5 Å². The number of carbonyl (C=O) groups excluding carboxylic acids is 1. The van der Waals surface area contributed by atoms with Crippen molar-refractivity contribution in [3.63, 3.8) is 0 Å². The van der Waals surface area contributed by atoms with Crippen LogP contribution >= 0.6 is 0 Å². The minimum absolute atomic E-state index is 0.0894. The molecule has 15 heavy (non-hydrogen) atoms. The molecule has 0 aromatic heterocycles. The Morgan fingerprint density at radius 1 is 1.27 bits per heavy atom. The molecule has 0 aliphatic heterocycles. The summed E-state index contributed by atoms with van der Waals surface area (Å²) in [5.41, 5.74) is 0.737. The maximum absolute atomic E-state index is 12.0. The van der Waals surface area contributed by atoms with Crippen LogP contribution < -0.4 is 0 Å². The summed E-state index contributed by atoms with van der Waals surface area (Å²) in [6.07, 6.45) is 1.39. The highest BCUT2D eigenvalue weighted by molar-refractivity contribution is 5.99. The molecule has 1 atom stereocenters. The van der Waals surface area contributed by atoms with Gasteiger partial charge < -0.3 is 4.74 Å². The summed E-state index contributed by atoms with van der Waals surface area (Å²) >= 11 is 0. The van der Waals surface area contributed by atoms with Gasteiger partial charge in [0.25, 0.3) is 0 Å². The third-order valence-electron chi connectivity index (χ3n) is 2.24. The first-order chi connectivity index (χ1) is 7.29. The van der Waals surface area contributed by atoms with Crippen LogP contribution in [0.4, 0.5) is 0 Å². The van der Waals surface area contributed by atoms with Crippen molar-refractivity contribution in [1.82, 2.24) is 0 Å². The highest BCUT2D eigenvalue weighted by Crippen LogP contribution is 2.09. The minimum atomic E-state index is -0.285. The number of carbonyl (C=O) groups is 1. The summed E-state index contributed by atoms with van der Waals surface area (Å²) in [6, 6.07) is 9.32. The molecule has 0 heterocycles. The molecule has 2 nitrogen and oxygen atoms in total. The fraction of sp³-hybridized carbons (Fsp3) is 0.462. The van der Waals surface area contributed by atoms with Crippen LogP contribution in [0.1, 0.15) is 37.0 Å². The van der Waals surface area contributed by atoms with E-state index >= 15 is 0 Å². The van der Waals surface area contributed by atoms with Gasteiger partial charge in [0.2, 0.25) is 0 Å². The summed E-state index contributed by atoms with van der Waals surface area (Å²) in [6.45, 7) is 4.66. The lowest BCUT2D eigenvalue weighted by atomic mass is 10.0. The van der Waals surface area contributed by atoms with E-state index in [0.29, 0.717) is 6.61 Å². The maximum Gasteiger partial charge on any atom is 0.191 e. The first-order valence-electron chi connectivity index (χ1n) is 5.50. The molecule has 0 amide bonds. The van der Waals surface area contributed by atoms with Crippen LogP contribution in [0, 0.1) is 0 Å². The molecule has 1 rings (SSSR count). The second kappa shape index (κ2) is 6.36. The zero-order valence-corrected chi connectivity index (χ0v) is 9.40. The molecule has 0 N–H and O–H groups in total. The van der Waals surface area contributed by atoms with Gasteiger partial charge in [0.15, 0.2) is 5.78 Å². The Morgan fingerprint density at radius 2 is 1.93 bits per heavy atom. The third-order valence-corrected chi connectivity index (χ3v) is 2.24. The first kappa shape index (κ1) is 11.9. The molecular formula is C13H18O2. The van der Waals surface area contributed by atoms with E-state index < -0.39 is 0 Å². The molecule has 0 radical (unpaired) electrons. The molecule has 2 heteroatoms. The Balaban J connectivity index is 2.65. The number of ether oxygens (including phenoxy) is 1. The highest BCUT2D eigenvalue weighted by Gasteiger charge is 2.17. The van der Waals surface area contributed by atoms with Gasteiger partial charge in [-0.3, -0.25) is 4.79 Å². The molecule has 0 fully saturated rings. The molecule has 0 aliphatic rings. The van der Waals surface area contributed by atoms with Crippen LogP contribution in [0.3, 0.4) is 0 Å². The SMILES string of the molecule is CCCOC(CC)C(=O)c1ccccc1. The largest absolute Gasteiger partial charge is 0.370 e. The molecule has 0 saturated heterocycles. The quantitative estimate of drug-likeness (QED) is 0.669. The summed E-state index contributed by atoms with van der Waals surface area (Å²) < 4.78 is 5.51. The van der Waals surface area contributed by atoms with Crippen LogP contribution in [0.2, 0.25) is 0 Å².